The van der Waals surface area contributed by atoms with Crippen LogP contribution in [0.25, 0.3) is 0 Å². The molecule has 0 fully saturated rings. The number of methoxy groups -OCH3 is 2. The van der Waals surface area contributed by atoms with Crippen molar-refractivity contribution in [2.45, 2.75) is 25.2 Å². The van der Waals surface area contributed by atoms with Crippen molar-refractivity contribution in [1.82, 2.24) is 9.88 Å². The lowest BCUT2D eigenvalue weighted by molar-refractivity contribution is 0.354. The van der Waals surface area contributed by atoms with Gasteiger partial charge in [0.1, 0.15) is 10.6 Å². The quantitative estimate of drug-likeness (QED) is 0.827. The van der Waals surface area contributed by atoms with Gasteiger partial charge in [0.2, 0.25) is 10.0 Å². The second-order valence-corrected chi connectivity index (χ2v) is 6.69. The van der Waals surface area contributed by atoms with E-state index in [0.29, 0.717) is 23.6 Å². The van der Waals surface area contributed by atoms with Crippen LogP contribution in [0.4, 0.5) is 0 Å². The monoisotopic (exact) mass is 340 g/mol. The van der Waals surface area contributed by atoms with Gasteiger partial charge in [-0.15, -0.1) is 0 Å². The summed E-state index contributed by atoms with van der Waals surface area (Å²) in [6.07, 6.45) is 0.517. The molecular weight excluding hydrogens is 320 g/mol. The Balaban J connectivity index is 2.05. The second-order valence-electron chi connectivity index (χ2n) is 4.99. The zero-order chi connectivity index (χ0) is 17.0. The molecule has 1 aromatic carbocycles. The molecular formula is C15H20N2O5S. The lowest BCUT2D eigenvalue weighted by Crippen LogP contribution is -2.26. The SMILES string of the molecule is COc1ccc(CCNS(=O)(=O)c2c(C)noc2C)cc1OC. The van der Waals surface area contributed by atoms with Gasteiger partial charge >= 0.3 is 0 Å². The van der Waals surface area contributed by atoms with Gasteiger partial charge in [-0.25, -0.2) is 13.1 Å². The first-order valence-electron chi connectivity index (χ1n) is 7.02. The smallest absolute Gasteiger partial charge is 0.245 e. The number of benzene rings is 1. The standard InChI is InChI=1S/C15H20N2O5S/c1-10-15(11(2)22-17-10)23(18,19)16-8-7-12-5-6-13(20-3)14(9-12)21-4/h5-6,9,16H,7-8H2,1-4H3. The third-order valence-electron chi connectivity index (χ3n) is 3.39. The fourth-order valence-electron chi connectivity index (χ4n) is 2.30. The zero-order valence-electron chi connectivity index (χ0n) is 13.5. The van der Waals surface area contributed by atoms with Gasteiger partial charge in [-0.1, -0.05) is 11.2 Å². The molecule has 7 nitrogen and oxygen atoms in total. The number of nitrogens with one attached hydrogen (secondary N) is 1. The Morgan fingerprint density at radius 3 is 2.43 bits per heavy atom. The first kappa shape index (κ1) is 17.3. The van der Waals surface area contributed by atoms with Crippen LogP contribution < -0.4 is 14.2 Å². The minimum absolute atomic E-state index is 0.102. The number of ether oxygens (including phenoxy) is 2. The Bertz CT molecular complexity index is 764. The number of hydrogen-bond acceptors (Lipinski definition) is 6. The van der Waals surface area contributed by atoms with E-state index < -0.39 is 10.0 Å². The molecule has 0 radical (unpaired) electrons. The fourth-order valence-corrected chi connectivity index (χ4v) is 3.65. The van der Waals surface area contributed by atoms with Crippen molar-refractivity contribution in [3.8, 4) is 11.5 Å². The molecule has 0 unspecified atom stereocenters. The highest BCUT2D eigenvalue weighted by Gasteiger charge is 2.23. The Labute approximate surface area is 135 Å². The van der Waals surface area contributed by atoms with Crippen LogP contribution in [-0.4, -0.2) is 34.3 Å². The van der Waals surface area contributed by atoms with Crippen molar-refractivity contribution in [2.75, 3.05) is 20.8 Å². The molecule has 23 heavy (non-hydrogen) atoms. The molecule has 0 saturated carbocycles. The van der Waals surface area contributed by atoms with Gasteiger partial charge in [-0.2, -0.15) is 0 Å². The summed E-state index contributed by atoms with van der Waals surface area (Å²) >= 11 is 0. The highest BCUT2D eigenvalue weighted by molar-refractivity contribution is 7.89. The maximum Gasteiger partial charge on any atom is 0.245 e. The van der Waals surface area contributed by atoms with Crippen LogP contribution >= 0.6 is 0 Å². The number of hydrogen-bond donors (Lipinski definition) is 1. The van der Waals surface area contributed by atoms with Crippen LogP contribution in [0.1, 0.15) is 17.0 Å². The van der Waals surface area contributed by atoms with Crippen molar-refractivity contribution in [1.29, 1.82) is 0 Å². The summed E-state index contributed by atoms with van der Waals surface area (Å²) in [5, 5.41) is 3.67. The van der Waals surface area contributed by atoms with Crippen molar-refractivity contribution >= 4 is 10.0 Å². The van der Waals surface area contributed by atoms with Crippen LogP contribution in [0.15, 0.2) is 27.6 Å². The molecule has 0 bridgehead atoms. The lowest BCUT2D eigenvalue weighted by Gasteiger charge is -2.10. The molecule has 0 aliphatic heterocycles. The average molecular weight is 340 g/mol. The van der Waals surface area contributed by atoms with Gasteiger partial charge in [0.25, 0.3) is 0 Å². The molecule has 0 aliphatic carbocycles. The van der Waals surface area contributed by atoms with Gasteiger partial charge in [-0.3, -0.25) is 0 Å². The van der Waals surface area contributed by atoms with E-state index in [2.05, 4.69) is 9.88 Å². The molecule has 0 saturated heterocycles. The maximum absolute atomic E-state index is 12.3. The summed E-state index contributed by atoms with van der Waals surface area (Å²) in [4.78, 5) is 0.102. The molecule has 8 heteroatoms. The zero-order valence-corrected chi connectivity index (χ0v) is 14.4. The minimum Gasteiger partial charge on any atom is -0.493 e. The van der Waals surface area contributed by atoms with Crippen molar-refractivity contribution in [3.63, 3.8) is 0 Å². The van der Waals surface area contributed by atoms with E-state index in [9.17, 15) is 8.42 Å². The molecule has 1 heterocycles. The summed E-state index contributed by atoms with van der Waals surface area (Å²) in [5.74, 6) is 1.52. The highest BCUT2D eigenvalue weighted by Crippen LogP contribution is 2.27. The van der Waals surface area contributed by atoms with E-state index in [0.717, 1.165) is 5.56 Å². The third-order valence-corrected chi connectivity index (χ3v) is 5.09. The van der Waals surface area contributed by atoms with Gasteiger partial charge in [0, 0.05) is 6.54 Å². The Morgan fingerprint density at radius 1 is 1.17 bits per heavy atom. The maximum atomic E-state index is 12.3. The highest BCUT2D eigenvalue weighted by atomic mass is 32.2. The van der Waals surface area contributed by atoms with Crippen molar-refractivity contribution in [3.05, 3.63) is 35.2 Å². The van der Waals surface area contributed by atoms with Crippen LogP contribution in [0.5, 0.6) is 11.5 Å². The minimum atomic E-state index is -3.64. The molecule has 0 atom stereocenters. The average Bonchev–Trinajstić information content (AvgIpc) is 2.86. The number of sulfonamides is 1. The van der Waals surface area contributed by atoms with Gasteiger partial charge in [0.05, 0.1) is 14.2 Å². The largest absolute Gasteiger partial charge is 0.493 e. The van der Waals surface area contributed by atoms with Crippen molar-refractivity contribution in [2.24, 2.45) is 0 Å². The molecule has 126 valence electrons. The third kappa shape index (κ3) is 3.83. The van der Waals surface area contributed by atoms with Crippen molar-refractivity contribution < 1.29 is 22.4 Å². The van der Waals surface area contributed by atoms with E-state index in [1.165, 1.54) is 0 Å². The number of rotatable bonds is 7. The molecule has 2 rings (SSSR count). The normalized spacial score (nSPS) is 11.5. The van der Waals surface area contributed by atoms with Crippen LogP contribution in [-0.2, 0) is 16.4 Å². The number of nitrogens with zero attached hydrogens (tertiary/aromatic N) is 1. The first-order valence-corrected chi connectivity index (χ1v) is 8.50. The Morgan fingerprint density at radius 2 is 1.87 bits per heavy atom. The Hall–Kier alpha value is -2.06. The van der Waals surface area contributed by atoms with E-state index >= 15 is 0 Å². The van der Waals surface area contributed by atoms with Gasteiger partial charge in [0.15, 0.2) is 17.3 Å². The predicted molar refractivity (Wildman–Crippen MR) is 84.4 cm³/mol. The number of aromatic nitrogens is 1. The summed E-state index contributed by atoms with van der Waals surface area (Å²) in [5.41, 5.74) is 1.28. The molecule has 1 N–H and O–H groups in total. The molecule has 0 aliphatic rings. The summed E-state index contributed by atoms with van der Waals surface area (Å²) in [6, 6.07) is 5.48. The molecule has 0 spiro atoms. The second kappa shape index (κ2) is 7.01. The summed E-state index contributed by atoms with van der Waals surface area (Å²) < 4.78 is 42.4. The summed E-state index contributed by atoms with van der Waals surface area (Å²) in [7, 11) is -0.517. The predicted octanol–water partition coefficient (Wildman–Crippen LogP) is 1.83. The number of aryl methyl sites for hydroxylation is 2. The Kier molecular flexibility index (Phi) is 5.27. The van der Waals surface area contributed by atoms with E-state index in [4.69, 9.17) is 14.0 Å². The van der Waals surface area contributed by atoms with Crippen LogP contribution in [0, 0.1) is 13.8 Å². The topological polar surface area (TPSA) is 90.7 Å². The molecule has 2 aromatic rings. The molecule has 1 aromatic heterocycles. The van der Waals surface area contributed by atoms with Crippen LogP contribution in [0.3, 0.4) is 0 Å². The first-order chi connectivity index (χ1) is 10.9. The van der Waals surface area contributed by atoms with Crippen LogP contribution in [0.2, 0.25) is 0 Å². The van der Waals surface area contributed by atoms with E-state index in [1.807, 2.05) is 12.1 Å². The van der Waals surface area contributed by atoms with E-state index in [1.54, 1.807) is 34.1 Å². The van der Waals surface area contributed by atoms with E-state index in [-0.39, 0.29) is 17.2 Å². The van der Waals surface area contributed by atoms with Gasteiger partial charge < -0.3 is 14.0 Å². The lowest BCUT2D eigenvalue weighted by atomic mass is 10.1. The fraction of sp³-hybridized carbons (Fsp3) is 0.400. The summed E-state index contributed by atoms with van der Waals surface area (Å²) in [6.45, 7) is 3.42. The van der Waals surface area contributed by atoms with Gasteiger partial charge in [-0.05, 0) is 38.0 Å². The molecule has 0 amide bonds.